The second kappa shape index (κ2) is 6.34. The highest BCUT2D eigenvalue weighted by atomic mass is 32.1. The van der Waals surface area contributed by atoms with Crippen molar-refractivity contribution in [3.8, 4) is 5.00 Å². The van der Waals surface area contributed by atoms with E-state index >= 15 is 0 Å². The zero-order valence-corrected chi connectivity index (χ0v) is 16.5. The van der Waals surface area contributed by atoms with Crippen LogP contribution in [0.5, 0.6) is 0 Å². The zero-order valence-electron chi connectivity index (χ0n) is 15.7. The maximum absolute atomic E-state index is 13.0. The smallest absolute Gasteiger partial charge is 0.197 e. The molecule has 0 aliphatic heterocycles. The fourth-order valence-corrected chi connectivity index (χ4v) is 4.95. The molecule has 30 heavy (non-hydrogen) atoms. The lowest BCUT2D eigenvalue weighted by Crippen LogP contribution is -1.99. The minimum absolute atomic E-state index is 0.202. The van der Waals surface area contributed by atoms with Crippen LogP contribution in [0.2, 0.25) is 0 Å². The van der Waals surface area contributed by atoms with Crippen LogP contribution in [0.1, 0.15) is 25.6 Å². The van der Waals surface area contributed by atoms with E-state index < -0.39 is 0 Å². The van der Waals surface area contributed by atoms with Crippen molar-refractivity contribution in [3.05, 3.63) is 101 Å². The van der Waals surface area contributed by atoms with Crippen molar-refractivity contribution < 1.29 is 9.59 Å². The Hall–Kier alpha value is -3.83. The number of nitrogens with zero attached hydrogens (tertiary/aromatic N) is 2. The highest BCUT2D eigenvalue weighted by Crippen LogP contribution is 2.33. The molecule has 0 saturated heterocycles. The van der Waals surface area contributed by atoms with Crippen molar-refractivity contribution in [1.82, 2.24) is 9.55 Å². The van der Waals surface area contributed by atoms with Crippen LogP contribution in [0.3, 0.4) is 0 Å². The number of hydrogen-bond acceptors (Lipinski definition) is 4. The molecule has 2 aromatic carbocycles. The molecular weight excluding hydrogens is 392 g/mol. The fourth-order valence-electron chi connectivity index (χ4n) is 4.00. The number of pyridine rings is 1. The van der Waals surface area contributed by atoms with E-state index in [4.69, 9.17) is 0 Å². The van der Waals surface area contributed by atoms with Crippen LogP contribution in [0.25, 0.3) is 32.8 Å². The van der Waals surface area contributed by atoms with E-state index in [0.29, 0.717) is 11.1 Å². The van der Waals surface area contributed by atoms with Gasteiger partial charge < -0.3 is 4.57 Å². The van der Waals surface area contributed by atoms with Gasteiger partial charge in [0, 0.05) is 33.8 Å². The second-order valence-corrected chi connectivity index (χ2v) is 8.35. The van der Waals surface area contributed by atoms with Crippen LogP contribution in [-0.4, -0.2) is 21.1 Å². The average molecular weight is 406 g/mol. The third-order valence-electron chi connectivity index (χ3n) is 5.50. The number of rotatable bonds is 2. The minimum atomic E-state index is -0.202. The number of hydrogen-bond donors (Lipinski definition) is 0. The summed E-state index contributed by atoms with van der Waals surface area (Å²) in [5.74, 6) is -0.405. The van der Waals surface area contributed by atoms with Crippen LogP contribution in [-0.2, 0) is 0 Å². The first-order valence-electron chi connectivity index (χ1n) is 9.54. The number of carbonyl (C=O) groups excluding carboxylic acids is 2. The maximum Gasteiger partial charge on any atom is 0.197 e. The van der Waals surface area contributed by atoms with Crippen molar-refractivity contribution in [2.75, 3.05) is 0 Å². The van der Waals surface area contributed by atoms with Crippen molar-refractivity contribution in [2.45, 2.75) is 0 Å². The van der Waals surface area contributed by atoms with E-state index in [0.717, 1.165) is 31.6 Å². The molecule has 4 nitrogen and oxygen atoms in total. The summed E-state index contributed by atoms with van der Waals surface area (Å²) < 4.78 is 2.06. The summed E-state index contributed by atoms with van der Waals surface area (Å²) in [6, 6.07) is 19.4. The number of fused-ring (bicyclic) bond motifs is 3. The SMILES string of the molecule is O=C1C(=Cc2ccc(-n3ccc4ccncc43)s2)C(=O)c2cc3ccccc3cc21. The number of Topliss-reactive ketones (excluding diaryl/α,β-unsaturated/α-hetero) is 2. The van der Waals surface area contributed by atoms with Crippen LogP contribution in [0, 0.1) is 0 Å². The van der Waals surface area contributed by atoms with Gasteiger partial charge in [-0.2, -0.15) is 0 Å². The zero-order chi connectivity index (χ0) is 20.2. The van der Waals surface area contributed by atoms with Crippen LogP contribution in [0.15, 0.2) is 84.8 Å². The van der Waals surface area contributed by atoms with Gasteiger partial charge in [-0.05, 0) is 53.2 Å². The van der Waals surface area contributed by atoms with Gasteiger partial charge in [-0.15, -0.1) is 11.3 Å². The first kappa shape index (κ1) is 17.1. The Morgan fingerprint density at radius 2 is 1.57 bits per heavy atom. The van der Waals surface area contributed by atoms with E-state index in [1.807, 2.05) is 73.1 Å². The number of carbonyl (C=O) groups is 2. The number of thiophene rings is 1. The summed E-state index contributed by atoms with van der Waals surface area (Å²) in [5.41, 5.74) is 2.23. The fraction of sp³-hybridized carbons (Fsp3) is 0. The first-order chi connectivity index (χ1) is 14.7. The quantitative estimate of drug-likeness (QED) is 0.279. The van der Waals surface area contributed by atoms with Crippen molar-refractivity contribution in [3.63, 3.8) is 0 Å². The number of allylic oxidation sites excluding steroid dienone is 1. The summed E-state index contributed by atoms with van der Waals surface area (Å²) in [4.78, 5) is 31.0. The number of benzene rings is 2. The van der Waals surface area contributed by atoms with Gasteiger partial charge in [0.15, 0.2) is 11.6 Å². The lowest BCUT2D eigenvalue weighted by molar-refractivity contribution is 0.0990. The Balaban J connectivity index is 1.41. The van der Waals surface area contributed by atoms with Gasteiger partial charge in [0.25, 0.3) is 0 Å². The highest BCUT2D eigenvalue weighted by Gasteiger charge is 2.33. The van der Waals surface area contributed by atoms with E-state index in [1.54, 1.807) is 12.3 Å². The summed E-state index contributed by atoms with van der Waals surface area (Å²) >= 11 is 1.53. The van der Waals surface area contributed by atoms with Crippen molar-refractivity contribution in [2.24, 2.45) is 0 Å². The standard InChI is InChI=1S/C25H14N2O2S/c28-24-19-11-16-3-1-2-4-17(16)12-20(19)25(29)21(24)13-18-5-6-23(30-18)27-10-8-15-7-9-26-14-22(15)27/h1-14H. The third kappa shape index (κ3) is 2.49. The van der Waals surface area contributed by atoms with E-state index in [1.165, 1.54) is 11.3 Å². The predicted octanol–water partition coefficient (Wildman–Crippen LogP) is 5.70. The lowest BCUT2D eigenvalue weighted by Gasteiger charge is -2.00. The molecule has 0 fully saturated rings. The van der Waals surface area contributed by atoms with Gasteiger partial charge >= 0.3 is 0 Å². The molecule has 0 unspecified atom stereocenters. The molecule has 5 aromatic rings. The summed E-state index contributed by atoms with van der Waals surface area (Å²) in [7, 11) is 0. The molecule has 1 aliphatic carbocycles. The molecule has 6 rings (SSSR count). The monoisotopic (exact) mass is 406 g/mol. The molecule has 0 atom stereocenters. The minimum Gasteiger partial charge on any atom is -0.307 e. The molecule has 0 bridgehead atoms. The molecule has 142 valence electrons. The Kier molecular flexibility index (Phi) is 3.60. The lowest BCUT2D eigenvalue weighted by atomic mass is 10.0. The number of ketones is 2. The molecule has 0 radical (unpaired) electrons. The molecule has 0 N–H and O–H groups in total. The number of aromatic nitrogens is 2. The first-order valence-corrected chi connectivity index (χ1v) is 10.4. The van der Waals surface area contributed by atoms with E-state index in [9.17, 15) is 9.59 Å². The van der Waals surface area contributed by atoms with Crippen LogP contribution >= 0.6 is 11.3 Å². The van der Waals surface area contributed by atoms with Gasteiger partial charge in [-0.1, -0.05) is 24.3 Å². The molecule has 3 aromatic heterocycles. The van der Waals surface area contributed by atoms with Gasteiger partial charge in [0.05, 0.1) is 17.3 Å². The largest absolute Gasteiger partial charge is 0.307 e. The molecule has 0 saturated carbocycles. The predicted molar refractivity (Wildman–Crippen MR) is 120 cm³/mol. The molecule has 5 heteroatoms. The molecule has 0 spiro atoms. The Labute approximate surface area is 175 Å². The van der Waals surface area contributed by atoms with Gasteiger partial charge in [0.2, 0.25) is 0 Å². The topological polar surface area (TPSA) is 52.0 Å². The maximum atomic E-state index is 13.0. The second-order valence-electron chi connectivity index (χ2n) is 7.26. The van der Waals surface area contributed by atoms with Gasteiger partial charge in [0.1, 0.15) is 5.00 Å². The van der Waals surface area contributed by atoms with Gasteiger partial charge in [-0.25, -0.2) is 0 Å². The Bertz CT molecular complexity index is 1480. The third-order valence-corrected chi connectivity index (χ3v) is 6.53. The van der Waals surface area contributed by atoms with E-state index in [-0.39, 0.29) is 17.1 Å². The Morgan fingerprint density at radius 1 is 0.833 bits per heavy atom. The summed E-state index contributed by atoms with van der Waals surface area (Å²) in [6.07, 6.45) is 7.32. The molecular formula is C25H14N2O2S. The van der Waals surface area contributed by atoms with Crippen LogP contribution < -0.4 is 0 Å². The van der Waals surface area contributed by atoms with Crippen molar-refractivity contribution in [1.29, 1.82) is 0 Å². The Morgan fingerprint density at radius 3 is 2.30 bits per heavy atom. The summed E-state index contributed by atoms with van der Waals surface area (Å²) in [5, 5.41) is 4.04. The normalized spacial score (nSPS) is 13.4. The average Bonchev–Trinajstić information content (AvgIpc) is 3.47. The van der Waals surface area contributed by atoms with Crippen LogP contribution in [0.4, 0.5) is 0 Å². The highest BCUT2D eigenvalue weighted by molar-refractivity contribution is 7.15. The van der Waals surface area contributed by atoms with Gasteiger partial charge in [-0.3, -0.25) is 14.6 Å². The molecule has 1 aliphatic rings. The van der Waals surface area contributed by atoms with Crippen molar-refractivity contribution >= 4 is 50.7 Å². The summed E-state index contributed by atoms with van der Waals surface area (Å²) in [6.45, 7) is 0. The molecule has 0 amide bonds. The molecule has 3 heterocycles. The van der Waals surface area contributed by atoms with E-state index in [2.05, 4.69) is 9.55 Å².